The van der Waals surface area contributed by atoms with Gasteiger partial charge < -0.3 is 14.5 Å². The van der Waals surface area contributed by atoms with Gasteiger partial charge in [0.15, 0.2) is 0 Å². The highest BCUT2D eigenvalue weighted by molar-refractivity contribution is 5.94. The van der Waals surface area contributed by atoms with Crippen molar-refractivity contribution < 1.29 is 18.7 Å². The number of likely N-dealkylation sites (tertiary alicyclic amines) is 1. The van der Waals surface area contributed by atoms with Crippen LogP contribution in [-0.4, -0.2) is 67.6 Å². The van der Waals surface area contributed by atoms with Gasteiger partial charge in [0, 0.05) is 57.1 Å². The maximum atomic E-state index is 13.2. The molecule has 4 rings (SSSR count). The third-order valence-electron chi connectivity index (χ3n) is 6.47. The molecule has 0 spiro atoms. The maximum Gasteiger partial charge on any atom is 0.310 e. The molecule has 7 heteroatoms. The van der Waals surface area contributed by atoms with Gasteiger partial charge in [-0.1, -0.05) is 12.1 Å². The number of amides is 1. The van der Waals surface area contributed by atoms with E-state index in [1.807, 2.05) is 30.3 Å². The van der Waals surface area contributed by atoms with E-state index in [9.17, 15) is 14.0 Å². The van der Waals surface area contributed by atoms with E-state index in [1.165, 1.54) is 12.1 Å². The average molecular weight is 454 g/mol. The normalized spacial score (nSPS) is 19.4. The summed E-state index contributed by atoms with van der Waals surface area (Å²) in [6, 6.07) is 14.5. The number of esters is 1. The SMILES string of the molecule is CCOC(=O)C1CCCN(C(=O)c2cccc(CN3CCN(c4ccc(F)cc4)CC3)c2)C1. The van der Waals surface area contributed by atoms with Crippen LogP contribution in [0, 0.1) is 11.7 Å². The lowest BCUT2D eigenvalue weighted by Gasteiger charge is -2.36. The second-order valence-corrected chi connectivity index (χ2v) is 8.78. The van der Waals surface area contributed by atoms with Crippen molar-refractivity contribution in [1.29, 1.82) is 0 Å². The Hall–Kier alpha value is -2.93. The molecule has 33 heavy (non-hydrogen) atoms. The monoisotopic (exact) mass is 453 g/mol. The summed E-state index contributed by atoms with van der Waals surface area (Å²) in [7, 11) is 0. The minimum atomic E-state index is -0.233. The van der Waals surface area contributed by atoms with E-state index in [4.69, 9.17) is 4.74 Å². The number of benzene rings is 2. The van der Waals surface area contributed by atoms with E-state index in [2.05, 4.69) is 15.9 Å². The van der Waals surface area contributed by atoms with Crippen molar-refractivity contribution in [2.75, 3.05) is 50.8 Å². The van der Waals surface area contributed by atoms with Crippen LogP contribution in [-0.2, 0) is 16.1 Å². The second-order valence-electron chi connectivity index (χ2n) is 8.78. The fraction of sp³-hybridized carbons (Fsp3) is 0.462. The summed E-state index contributed by atoms with van der Waals surface area (Å²) < 4.78 is 18.3. The Morgan fingerprint density at radius 3 is 2.52 bits per heavy atom. The summed E-state index contributed by atoms with van der Waals surface area (Å²) in [6.07, 6.45) is 1.58. The zero-order valence-electron chi connectivity index (χ0n) is 19.2. The molecule has 0 radical (unpaired) electrons. The van der Waals surface area contributed by atoms with Crippen LogP contribution in [0.5, 0.6) is 0 Å². The van der Waals surface area contributed by atoms with Crippen LogP contribution in [0.2, 0.25) is 0 Å². The molecule has 6 nitrogen and oxygen atoms in total. The highest BCUT2D eigenvalue weighted by Gasteiger charge is 2.30. The third-order valence-corrected chi connectivity index (χ3v) is 6.47. The number of carbonyl (C=O) groups excluding carboxylic acids is 2. The molecule has 0 aromatic heterocycles. The van der Waals surface area contributed by atoms with E-state index in [0.29, 0.717) is 25.3 Å². The van der Waals surface area contributed by atoms with Crippen molar-refractivity contribution in [2.45, 2.75) is 26.3 Å². The zero-order valence-corrected chi connectivity index (χ0v) is 19.2. The van der Waals surface area contributed by atoms with Crippen molar-refractivity contribution in [2.24, 2.45) is 5.92 Å². The lowest BCUT2D eigenvalue weighted by Crippen LogP contribution is -2.46. The van der Waals surface area contributed by atoms with Crippen LogP contribution in [0.25, 0.3) is 0 Å². The van der Waals surface area contributed by atoms with Gasteiger partial charge in [-0.25, -0.2) is 4.39 Å². The number of piperazine rings is 1. The van der Waals surface area contributed by atoms with Gasteiger partial charge >= 0.3 is 5.97 Å². The number of rotatable bonds is 6. The lowest BCUT2D eigenvalue weighted by molar-refractivity contribution is -0.149. The number of hydrogen-bond acceptors (Lipinski definition) is 5. The Morgan fingerprint density at radius 1 is 1.03 bits per heavy atom. The van der Waals surface area contributed by atoms with Crippen LogP contribution in [0.1, 0.15) is 35.7 Å². The smallest absolute Gasteiger partial charge is 0.310 e. The lowest BCUT2D eigenvalue weighted by atomic mass is 9.97. The van der Waals surface area contributed by atoms with Crippen molar-refractivity contribution in [3.63, 3.8) is 0 Å². The molecule has 176 valence electrons. The molecular formula is C26H32FN3O3. The van der Waals surface area contributed by atoms with Crippen LogP contribution >= 0.6 is 0 Å². The maximum absolute atomic E-state index is 13.2. The quantitative estimate of drug-likeness (QED) is 0.626. The number of halogens is 1. The fourth-order valence-corrected chi connectivity index (χ4v) is 4.67. The molecule has 2 aliphatic rings. The van der Waals surface area contributed by atoms with E-state index >= 15 is 0 Å². The molecule has 2 aromatic carbocycles. The summed E-state index contributed by atoms with van der Waals surface area (Å²) in [5.74, 6) is -0.675. The first-order valence-electron chi connectivity index (χ1n) is 11.8. The highest BCUT2D eigenvalue weighted by Crippen LogP contribution is 2.21. The largest absolute Gasteiger partial charge is 0.466 e. The Bertz CT molecular complexity index is 958. The van der Waals surface area contributed by atoms with Gasteiger partial charge in [0.2, 0.25) is 0 Å². The van der Waals surface area contributed by atoms with Crippen molar-refractivity contribution in [3.8, 4) is 0 Å². The van der Waals surface area contributed by atoms with Crippen LogP contribution in [0.3, 0.4) is 0 Å². The molecule has 1 atom stereocenters. The molecule has 2 heterocycles. The Balaban J connectivity index is 1.33. The predicted molar refractivity (Wildman–Crippen MR) is 126 cm³/mol. The molecule has 2 saturated heterocycles. The number of carbonyl (C=O) groups is 2. The average Bonchev–Trinajstić information content (AvgIpc) is 2.85. The van der Waals surface area contributed by atoms with Crippen LogP contribution in [0.4, 0.5) is 10.1 Å². The highest BCUT2D eigenvalue weighted by atomic mass is 19.1. The summed E-state index contributed by atoms with van der Waals surface area (Å²) in [4.78, 5) is 31.7. The van der Waals surface area contributed by atoms with Crippen molar-refractivity contribution in [3.05, 3.63) is 65.5 Å². The first kappa shape index (κ1) is 23.2. The second kappa shape index (κ2) is 10.8. The van der Waals surface area contributed by atoms with Gasteiger partial charge in [0.25, 0.3) is 5.91 Å². The minimum absolute atomic E-state index is 0.0213. The molecule has 0 N–H and O–H groups in total. The van der Waals surface area contributed by atoms with Gasteiger partial charge in [-0.05, 0) is 61.7 Å². The minimum Gasteiger partial charge on any atom is -0.466 e. The summed E-state index contributed by atoms with van der Waals surface area (Å²) in [6.45, 7) is 7.62. The number of anilines is 1. The molecule has 2 aromatic rings. The molecule has 0 bridgehead atoms. The van der Waals surface area contributed by atoms with Gasteiger partial charge in [0.1, 0.15) is 5.82 Å². The van der Waals surface area contributed by atoms with Crippen LogP contribution in [0.15, 0.2) is 48.5 Å². The van der Waals surface area contributed by atoms with Gasteiger partial charge in [-0.3, -0.25) is 14.5 Å². The number of piperidine rings is 1. The zero-order chi connectivity index (χ0) is 23.2. The number of hydrogen-bond donors (Lipinski definition) is 0. The fourth-order valence-electron chi connectivity index (χ4n) is 4.67. The van der Waals surface area contributed by atoms with Crippen LogP contribution < -0.4 is 4.90 Å². The molecule has 0 aliphatic carbocycles. The molecule has 1 unspecified atom stereocenters. The first-order valence-corrected chi connectivity index (χ1v) is 11.8. The third kappa shape index (κ3) is 5.90. The Labute approximate surface area is 194 Å². The van der Waals surface area contributed by atoms with E-state index in [-0.39, 0.29) is 23.6 Å². The standard InChI is InChI=1S/C26H32FN3O3/c1-2-33-26(32)22-7-4-12-30(19-22)25(31)21-6-3-5-20(17-21)18-28-13-15-29(16-14-28)24-10-8-23(27)9-11-24/h3,5-6,8-11,17,22H,2,4,7,12-16,18-19H2,1H3. The summed E-state index contributed by atoms with van der Waals surface area (Å²) >= 11 is 0. The topological polar surface area (TPSA) is 53.1 Å². The van der Waals surface area contributed by atoms with Gasteiger partial charge in [0.05, 0.1) is 12.5 Å². The molecule has 1 amide bonds. The summed E-state index contributed by atoms with van der Waals surface area (Å²) in [5, 5.41) is 0. The predicted octanol–water partition coefficient (Wildman–Crippen LogP) is 3.56. The van der Waals surface area contributed by atoms with E-state index < -0.39 is 0 Å². The Morgan fingerprint density at radius 2 is 1.79 bits per heavy atom. The molecular weight excluding hydrogens is 421 g/mol. The molecule has 0 saturated carbocycles. The number of nitrogens with zero attached hydrogens (tertiary/aromatic N) is 3. The van der Waals surface area contributed by atoms with Gasteiger partial charge in [-0.15, -0.1) is 0 Å². The van der Waals surface area contributed by atoms with Crippen molar-refractivity contribution in [1.82, 2.24) is 9.80 Å². The van der Waals surface area contributed by atoms with E-state index in [0.717, 1.165) is 56.8 Å². The molecule has 2 fully saturated rings. The first-order chi connectivity index (χ1) is 16.0. The Kier molecular flexibility index (Phi) is 7.60. The number of ether oxygens (including phenoxy) is 1. The van der Waals surface area contributed by atoms with Crippen molar-refractivity contribution >= 4 is 17.6 Å². The summed E-state index contributed by atoms with van der Waals surface area (Å²) in [5.41, 5.74) is 2.82. The molecule has 2 aliphatic heterocycles. The van der Waals surface area contributed by atoms with E-state index in [1.54, 1.807) is 11.8 Å². The van der Waals surface area contributed by atoms with Gasteiger partial charge in [-0.2, -0.15) is 0 Å².